The first kappa shape index (κ1) is 25.6. The van der Waals surface area contributed by atoms with E-state index in [0.29, 0.717) is 51.6 Å². The maximum atomic E-state index is 15.0. The highest BCUT2D eigenvalue weighted by atomic mass is 32.2. The molecule has 0 aliphatic carbocycles. The molecule has 0 spiro atoms. The summed E-state index contributed by atoms with van der Waals surface area (Å²) in [6, 6.07) is 12.1. The van der Waals surface area contributed by atoms with Gasteiger partial charge in [-0.25, -0.2) is 18.6 Å². The Labute approximate surface area is 229 Å². The Bertz CT molecular complexity index is 1640. The number of anilines is 1. The Hall–Kier alpha value is -3.72. The lowest BCUT2D eigenvalue weighted by atomic mass is 10.1. The van der Waals surface area contributed by atoms with Crippen LogP contribution in [0.3, 0.4) is 0 Å². The average Bonchev–Trinajstić information content (AvgIpc) is 3.54. The number of rotatable bonds is 7. The number of hydrogen-bond acceptors (Lipinski definition) is 9. The van der Waals surface area contributed by atoms with E-state index in [2.05, 4.69) is 35.8 Å². The van der Waals surface area contributed by atoms with Crippen LogP contribution in [0, 0.1) is 11.6 Å². The third-order valence-electron chi connectivity index (χ3n) is 6.07. The minimum atomic E-state index is -0.481. The normalized spacial score (nSPS) is 14.2. The van der Waals surface area contributed by atoms with E-state index in [1.165, 1.54) is 34.1 Å². The second-order valence-corrected chi connectivity index (χ2v) is 10.7. The van der Waals surface area contributed by atoms with E-state index >= 15 is 4.39 Å². The number of aromatic nitrogens is 5. The van der Waals surface area contributed by atoms with Gasteiger partial charge in [0.15, 0.2) is 10.8 Å². The number of hydrogen-bond donors (Lipinski definition) is 2. The molecule has 3 aromatic heterocycles. The first-order chi connectivity index (χ1) is 19.0. The molecular formula is C25H22F2N8O2S2. The van der Waals surface area contributed by atoms with Crippen LogP contribution in [0.25, 0.3) is 27.1 Å². The zero-order valence-electron chi connectivity index (χ0n) is 20.4. The summed E-state index contributed by atoms with van der Waals surface area (Å²) in [6.45, 7) is 4.30. The van der Waals surface area contributed by atoms with Crippen LogP contribution in [0.4, 0.5) is 18.7 Å². The molecule has 0 bridgehead atoms. The van der Waals surface area contributed by atoms with Gasteiger partial charge in [0.1, 0.15) is 17.2 Å². The molecule has 0 unspecified atom stereocenters. The minimum absolute atomic E-state index is 0.243. The molecule has 5 aromatic rings. The molecule has 14 heteroatoms. The highest BCUT2D eigenvalue weighted by Crippen LogP contribution is 2.38. The molecule has 1 saturated heterocycles. The van der Waals surface area contributed by atoms with Gasteiger partial charge in [-0.1, -0.05) is 11.3 Å². The number of ether oxygens (including phenoxy) is 1. The summed E-state index contributed by atoms with van der Waals surface area (Å²) in [5, 5.41) is 19.2. The van der Waals surface area contributed by atoms with E-state index in [-0.39, 0.29) is 16.7 Å². The van der Waals surface area contributed by atoms with E-state index < -0.39 is 5.82 Å². The van der Waals surface area contributed by atoms with Crippen molar-refractivity contribution in [3.05, 3.63) is 60.2 Å². The predicted molar refractivity (Wildman–Crippen MR) is 144 cm³/mol. The topological polar surface area (TPSA) is 110 Å². The molecule has 2 aromatic carbocycles. The SMILES string of the molecule is O=C(NCCN1CCOCC1)Nc1nc2c(Sc3nnc4ccc(-c5ccc(F)cc5)nn34)c(F)ccc2s1. The van der Waals surface area contributed by atoms with Crippen molar-refractivity contribution in [3.8, 4) is 11.3 Å². The Balaban J connectivity index is 1.20. The van der Waals surface area contributed by atoms with Crippen LogP contribution in [0.5, 0.6) is 0 Å². The fourth-order valence-electron chi connectivity index (χ4n) is 4.09. The van der Waals surface area contributed by atoms with Crippen molar-refractivity contribution in [2.75, 3.05) is 44.7 Å². The number of thiazole rings is 1. The van der Waals surface area contributed by atoms with Crippen LogP contribution in [-0.4, -0.2) is 75.1 Å². The van der Waals surface area contributed by atoms with Crippen molar-refractivity contribution in [2.45, 2.75) is 10.1 Å². The number of carbonyl (C=O) groups is 1. The number of amides is 2. The fourth-order valence-corrected chi connectivity index (χ4v) is 5.93. The van der Waals surface area contributed by atoms with Crippen molar-refractivity contribution in [3.63, 3.8) is 0 Å². The molecule has 10 nitrogen and oxygen atoms in total. The third kappa shape index (κ3) is 5.68. The maximum Gasteiger partial charge on any atom is 0.321 e. The molecule has 1 aliphatic rings. The van der Waals surface area contributed by atoms with Crippen molar-refractivity contribution in [1.82, 2.24) is 35.0 Å². The number of urea groups is 1. The number of nitrogens with zero attached hydrogens (tertiary/aromatic N) is 6. The van der Waals surface area contributed by atoms with Gasteiger partial charge in [-0.2, -0.15) is 9.61 Å². The molecule has 0 radical (unpaired) electrons. The minimum Gasteiger partial charge on any atom is -0.379 e. The summed E-state index contributed by atoms with van der Waals surface area (Å²) in [4.78, 5) is 19.4. The summed E-state index contributed by atoms with van der Waals surface area (Å²) < 4.78 is 35.9. The molecule has 1 aliphatic heterocycles. The van der Waals surface area contributed by atoms with Gasteiger partial charge in [-0.3, -0.25) is 10.2 Å². The lowest BCUT2D eigenvalue weighted by Gasteiger charge is -2.26. The molecule has 1 fully saturated rings. The Morgan fingerprint density at radius 2 is 1.87 bits per heavy atom. The van der Waals surface area contributed by atoms with Crippen LogP contribution in [0.1, 0.15) is 0 Å². The van der Waals surface area contributed by atoms with Gasteiger partial charge in [0.05, 0.1) is 28.5 Å². The molecule has 2 amide bonds. The van der Waals surface area contributed by atoms with E-state index in [4.69, 9.17) is 4.74 Å². The van der Waals surface area contributed by atoms with Gasteiger partial charge in [0.2, 0.25) is 5.16 Å². The van der Waals surface area contributed by atoms with Gasteiger partial charge >= 0.3 is 6.03 Å². The summed E-state index contributed by atoms with van der Waals surface area (Å²) in [6.07, 6.45) is 0. The summed E-state index contributed by atoms with van der Waals surface area (Å²) in [7, 11) is 0. The van der Waals surface area contributed by atoms with Crippen molar-refractivity contribution in [2.24, 2.45) is 0 Å². The summed E-state index contributed by atoms with van der Waals surface area (Å²) >= 11 is 2.29. The third-order valence-corrected chi connectivity index (χ3v) is 8.04. The first-order valence-electron chi connectivity index (χ1n) is 12.1. The van der Waals surface area contributed by atoms with Gasteiger partial charge in [0, 0.05) is 31.7 Å². The van der Waals surface area contributed by atoms with Crippen LogP contribution in [0.15, 0.2) is 58.6 Å². The zero-order valence-corrected chi connectivity index (χ0v) is 22.1. The van der Waals surface area contributed by atoms with Crippen molar-refractivity contribution >= 4 is 50.1 Å². The maximum absolute atomic E-state index is 15.0. The second kappa shape index (κ2) is 11.2. The Morgan fingerprint density at radius 3 is 2.69 bits per heavy atom. The van der Waals surface area contributed by atoms with Crippen LogP contribution < -0.4 is 10.6 Å². The Kier molecular flexibility index (Phi) is 7.32. The van der Waals surface area contributed by atoms with E-state index in [1.807, 2.05) is 0 Å². The summed E-state index contributed by atoms with van der Waals surface area (Å²) in [5.74, 6) is -0.822. The van der Waals surface area contributed by atoms with Gasteiger partial charge in [-0.05, 0) is 60.3 Å². The number of benzene rings is 2. The molecule has 6 rings (SSSR count). The number of morpholine rings is 1. The highest BCUT2D eigenvalue weighted by Gasteiger charge is 2.19. The molecule has 0 saturated carbocycles. The fraction of sp³-hybridized carbons (Fsp3) is 0.240. The molecule has 2 N–H and O–H groups in total. The standard InChI is InChI=1S/C25H22F2N8O2S2/c26-16-3-1-15(2-4-16)18-6-8-20-31-32-25(35(20)33-18)39-22-17(27)5-7-19-21(22)29-24(38-19)30-23(36)28-9-10-34-11-13-37-14-12-34/h1-8H,9-14H2,(H2,28,29,30,36). The number of nitrogens with one attached hydrogen (secondary N) is 2. The van der Waals surface area contributed by atoms with Gasteiger partial charge in [0.25, 0.3) is 0 Å². The number of carbonyl (C=O) groups excluding carboxylic acids is 1. The predicted octanol–water partition coefficient (Wildman–Crippen LogP) is 4.28. The molecule has 0 atom stereocenters. The molecular weight excluding hydrogens is 546 g/mol. The molecule has 200 valence electrons. The van der Waals surface area contributed by atoms with E-state index in [9.17, 15) is 9.18 Å². The monoisotopic (exact) mass is 568 g/mol. The second-order valence-electron chi connectivity index (χ2n) is 8.66. The lowest BCUT2D eigenvalue weighted by Crippen LogP contribution is -2.42. The van der Waals surface area contributed by atoms with Crippen molar-refractivity contribution in [1.29, 1.82) is 0 Å². The summed E-state index contributed by atoms with van der Waals surface area (Å²) in [5.41, 5.74) is 2.18. The zero-order chi connectivity index (χ0) is 26.8. The molecule has 4 heterocycles. The van der Waals surface area contributed by atoms with E-state index in [0.717, 1.165) is 37.0 Å². The average molecular weight is 569 g/mol. The smallest absolute Gasteiger partial charge is 0.321 e. The van der Waals surface area contributed by atoms with Crippen molar-refractivity contribution < 1.29 is 18.3 Å². The lowest BCUT2D eigenvalue weighted by molar-refractivity contribution is 0.0388. The van der Waals surface area contributed by atoms with Crippen LogP contribution in [0.2, 0.25) is 0 Å². The number of halogens is 2. The van der Waals surface area contributed by atoms with Crippen LogP contribution >= 0.6 is 23.1 Å². The van der Waals surface area contributed by atoms with E-state index in [1.54, 1.807) is 30.3 Å². The van der Waals surface area contributed by atoms with Crippen LogP contribution in [-0.2, 0) is 4.74 Å². The van der Waals surface area contributed by atoms with Gasteiger partial charge < -0.3 is 10.1 Å². The number of fused-ring (bicyclic) bond motifs is 2. The highest BCUT2D eigenvalue weighted by molar-refractivity contribution is 7.99. The first-order valence-corrected chi connectivity index (χ1v) is 13.8. The Morgan fingerprint density at radius 1 is 1.05 bits per heavy atom. The molecule has 39 heavy (non-hydrogen) atoms. The largest absolute Gasteiger partial charge is 0.379 e. The quantitative estimate of drug-likeness (QED) is 0.300. The van der Waals surface area contributed by atoms with Gasteiger partial charge in [-0.15, -0.1) is 10.2 Å².